The molecule has 0 saturated carbocycles. The van der Waals surface area contributed by atoms with Gasteiger partial charge in [0.05, 0.1) is 33.3 Å². The van der Waals surface area contributed by atoms with E-state index in [1.807, 2.05) is 12.1 Å². The van der Waals surface area contributed by atoms with E-state index in [2.05, 4.69) is 179 Å². The second kappa shape index (κ2) is 11.4. The van der Waals surface area contributed by atoms with Crippen LogP contribution < -0.4 is 0 Å². The van der Waals surface area contributed by atoms with Gasteiger partial charge in [-0.05, 0) is 58.6 Å². The number of rotatable bonds is 3. The van der Waals surface area contributed by atoms with Crippen LogP contribution >= 0.6 is 0 Å². The molecular formula is C52H30N4O. The lowest BCUT2D eigenvalue weighted by molar-refractivity contribution is 0.670. The highest BCUT2D eigenvalue weighted by atomic mass is 16.3. The molecule has 4 heterocycles. The molecule has 0 amide bonds. The van der Waals surface area contributed by atoms with Gasteiger partial charge >= 0.3 is 0 Å². The van der Waals surface area contributed by atoms with Gasteiger partial charge in [0, 0.05) is 54.3 Å². The number of para-hydroxylation sites is 4. The van der Waals surface area contributed by atoms with Crippen molar-refractivity contribution in [2.75, 3.05) is 0 Å². The number of benzene rings is 9. The van der Waals surface area contributed by atoms with E-state index in [0.717, 1.165) is 66.2 Å². The van der Waals surface area contributed by atoms with E-state index in [1.165, 1.54) is 48.7 Å². The zero-order chi connectivity index (χ0) is 37.2. The second-order valence-electron chi connectivity index (χ2n) is 14.9. The lowest BCUT2D eigenvalue weighted by Gasteiger charge is -2.13. The molecule has 0 saturated heterocycles. The second-order valence-corrected chi connectivity index (χ2v) is 14.9. The Bertz CT molecular complexity index is 3830. The molecule has 0 N–H and O–H groups in total. The highest BCUT2D eigenvalue weighted by molar-refractivity contribution is 6.22. The number of furan rings is 1. The van der Waals surface area contributed by atoms with Gasteiger partial charge in [0.25, 0.3) is 0 Å². The normalized spacial score (nSPS) is 12.2. The van der Waals surface area contributed by atoms with Gasteiger partial charge in [-0.1, -0.05) is 140 Å². The SMILES string of the molecule is c1ccc2c(c1)ccc1c2c2ccc(-n3c4ccccc4c4ccc5ccccc5c43)cc2n1-c1nc(-c2cccc3c2oc2ccccc23)c2ccccc2n1. The van der Waals surface area contributed by atoms with Crippen LogP contribution in [0.25, 0.3) is 121 Å². The first-order valence-corrected chi connectivity index (χ1v) is 19.3. The average molecular weight is 727 g/mol. The van der Waals surface area contributed by atoms with Crippen LogP contribution in [0.1, 0.15) is 0 Å². The smallest absolute Gasteiger partial charge is 0.235 e. The lowest BCUT2D eigenvalue weighted by atomic mass is 10.0. The molecule has 4 aromatic heterocycles. The molecule has 5 nitrogen and oxygen atoms in total. The minimum Gasteiger partial charge on any atom is -0.455 e. The van der Waals surface area contributed by atoms with Crippen molar-refractivity contribution in [1.82, 2.24) is 19.1 Å². The Balaban J connectivity index is 1.16. The summed E-state index contributed by atoms with van der Waals surface area (Å²) in [5.41, 5.74) is 9.85. The summed E-state index contributed by atoms with van der Waals surface area (Å²) >= 11 is 0. The molecule has 264 valence electrons. The molecule has 0 aliphatic rings. The van der Waals surface area contributed by atoms with Gasteiger partial charge < -0.3 is 8.98 Å². The van der Waals surface area contributed by atoms with Crippen molar-refractivity contribution >= 4 is 98.0 Å². The summed E-state index contributed by atoms with van der Waals surface area (Å²) in [4.78, 5) is 10.9. The summed E-state index contributed by atoms with van der Waals surface area (Å²) in [6.45, 7) is 0. The van der Waals surface area contributed by atoms with E-state index in [1.54, 1.807) is 0 Å². The molecule has 0 bridgehead atoms. The summed E-state index contributed by atoms with van der Waals surface area (Å²) in [6.07, 6.45) is 0. The predicted molar refractivity (Wildman–Crippen MR) is 236 cm³/mol. The highest BCUT2D eigenvalue weighted by Crippen LogP contribution is 2.42. The van der Waals surface area contributed by atoms with Crippen molar-refractivity contribution < 1.29 is 4.42 Å². The highest BCUT2D eigenvalue weighted by Gasteiger charge is 2.22. The van der Waals surface area contributed by atoms with E-state index in [-0.39, 0.29) is 0 Å². The van der Waals surface area contributed by atoms with Gasteiger partial charge in [0.2, 0.25) is 5.95 Å². The van der Waals surface area contributed by atoms with Crippen LogP contribution in [0.4, 0.5) is 0 Å². The van der Waals surface area contributed by atoms with E-state index >= 15 is 0 Å². The molecule has 0 fully saturated rings. The number of hydrogen-bond acceptors (Lipinski definition) is 3. The summed E-state index contributed by atoms with van der Waals surface area (Å²) in [5.74, 6) is 0.608. The maximum absolute atomic E-state index is 6.59. The number of aromatic nitrogens is 4. The minimum atomic E-state index is 0.608. The van der Waals surface area contributed by atoms with Crippen molar-refractivity contribution in [2.24, 2.45) is 0 Å². The Morgan fingerprint density at radius 3 is 1.98 bits per heavy atom. The summed E-state index contributed by atoms with van der Waals surface area (Å²) in [5, 5.41) is 12.7. The van der Waals surface area contributed by atoms with Crippen LogP contribution in [0.5, 0.6) is 0 Å². The molecule has 0 aliphatic heterocycles. The number of nitrogens with zero attached hydrogens (tertiary/aromatic N) is 4. The average Bonchev–Trinajstić information content (AvgIpc) is 3.94. The van der Waals surface area contributed by atoms with E-state index in [0.29, 0.717) is 5.95 Å². The molecule has 13 rings (SSSR count). The van der Waals surface area contributed by atoms with Crippen LogP contribution in [-0.4, -0.2) is 19.1 Å². The Labute approximate surface area is 325 Å². The lowest BCUT2D eigenvalue weighted by Crippen LogP contribution is -2.04. The molecule has 9 aromatic carbocycles. The third kappa shape index (κ3) is 4.23. The molecular weight excluding hydrogens is 697 g/mol. The molecule has 5 heteroatoms. The first-order chi connectivity index (χ1) is 28.3. The molecule has 0 atom stereocenters. The van der Waals surface area contributed by atoms with E-state index in [4.69, 9.17) is 14.4 Å². The standard InChI is InChI=1S/C52H30N4O/c1-3-14-34-31(12-1)25-29-45-48(34)41-28-26-33(55-44-22-9-6-16-36(44)38-27-24-32-13-2-4-15-35(32)50(38)55)30-46(41)56(45)52-53-43-21-8-5-18-40(43)49(54-52)42-20-11-19-39-37-17-7-10-23-47(37)57-51(39)42/h1-30H. The van der Waals surface area contributed by atoms with Gasteiger partial charge in [-0.3, -0.25) is 4.57 Å². The van der Waals surface area contributed by atoms with Gasteiger partial charge in [-0.2, -0.15) is 0 Å². The summed E-state index contributed by atoms with van der Waals surface area (Å²) in [7, 11) is 0. The van der Waals surface area contributed by atoms with Crippen LogP contribution in [0.2, 0.25) is 0 Å². The fourth-order valence-corrected chi connectivity index (χ4v) is 9.43. The fraction of sp³-hybridized carbons (Fsp3) is 0. The largest absolute Gasteiger partial charge is 0.455 e. The summed E-state index contributed by atoms with van der Waals surface area (Å²) < 4.78 is 11.3. The molecule has 0 spiro atoms. The summed E-state index contributed by atoms with van der Waals surface area (Å²) in [6, 6.07) is 64.8. The van der Waals surface area contributed by atoms with Crippen molar-refractivity contribution in [3.05, 3.63) is 182 Å². The fourth-order valence-electron chi connectivity index (χ4n) is 9.43. The maximum Gasteiger partial charge on any atom is 0.235 e. The Morgan fingerprint density at radius 1 is 0.404 bits per heavy atom. The van der Waals surface area contributed by atoms with Crippen LogP contribution in [-0.2, 0) is 0 Å². The Morgan fingerprint density at radius 2 is 1.09 bits per heavy atom. The van der Waals surface area contributed by atoms with Gasteiger partial charge in [0.15, 0.2) is 0 Å². The Hall–Kier alpha value is -7.76. The predicted octanol–water partition coefficient (Wildman–Crippen LogP) is 13.7. The third-order valence-electron chi connectivity index (χ3n) is 11.9. The molecule has 0 aliphatic carbocycles. The Kier molecular flexibility index (Phi) is 6.10. The molecule has 13 aromatic rings. The first kappa shape index (κ1) is 30.6. The van der Waals surface area contributed by atoms with Gasteiger partial charge in [-0.25, -0.2) is 9.97 Å². The van der Waals surface area contributed by atoms with E-state index in [9.17, 15) is 0 Å². The third-order valence-corrected chi connectivity index (χ3v) is 11.9. The zero-order valence-corrected chi connectivity index (χ0v) is 30.5. The molecule has 57 heavy (non-hydrogen) atoms. The van der Waals surface area contributed by atoms with Gasteiger partial charge in [-0.15, -0.1) is 0 Å². The number of fused-ring (bicyclic) bond motifs is 14. The topological polar surface area (TPSA) is 48.8 Å². The van der Waals surface area contributed by atoms with E-state index < -0.39 is 0 Å². The van der Waals surface area contributed by atoms with Crippen LogP contribution in [0, 0.1) is 0 Å². The maximum atomic E-state index is 6.59. The molecule has 0 unspecified atom stereocenters. The zero-order valence-electron chi connectivity index (χ0n) is 30.5. The van der Waals surface area contributed by atoms with Crippen molar-refractivity contribution in [1.29, 1.82) is 0 Å². The van der Waals surface area contributed by atoms with Crippen molar-refractivity contribution in [3.63, 3.8) is 0 Å². The van der Waals surface area contributed by atoms with Crippen LogP contribution in [0.15, 0.2) is 186 Å². The van der Waals surface area contributed by atoms with Crippen molar-refractivity contribution in [2.45, 2.75) is 0 Å². The van der Waals surface area contributed by atoms with Gasteiger partial charge in [0.1, 0.15) is 11.2 Å². The quantitative estimate of drug-likeness (QED) is 0.182. The minimum absolute atomic E-state index is 0.608. The van der Waals surface area contributed by atoms with Crippen LogP contribution in [0.3, 0.4) is 0 Å². The first-order valence-electron chi connectivity index (χ1n) is 19.3. The molecule has 0 radical (unpaired) electrons. The number of hydrogen-bond donors (Lipinski definition) is 0. The monoisotopic (exact) mass is 726 g/mol. The van der Waals surface area contributed by atoms with Crippen molar-refractivity contribution in [3.8, 4) is 22.9 Å².